The molecule has 3 aliphatic rings. The Labute approximate surface area is 170 Å². The molecular weight excluding hydrogens is 366 g/mol. The van der Waals surface area contributed by atoms with Gasteiger partial charge >= 0.3 is 0 Å². The summed E-state index contributed by atoms with van der Waals surface area (Å²) >= 11 is 1.86. The van der Waals surface area contributed by atoms with E-state index in [9.17, 15) is 0 Å². The lowest BCUT2D eigenvalue weighted by atomic mass is 9.97. The van der Waals surface area contributed by atoms with Crippen molar-refractivity contribution in [1.82, 2.24) is 9.80 Å². The minimum absolute atomic E-state index is 0.208. The summed E-state index contributed by atoms with van der Waals surface area (Å²) in [6.45, 7) is 4.29. The van der Waals surface area contributed by atoms with Crippen LogP contribution in [0.5, 0.6) is 5.75 Å². The summed E-state index contributed by atoms with van der Waals surface area (Å²) in [5, 5.41) is 0. The van der Waals surface area contributed by atoms with Crippen LogP contribution in [0.1, 0.15) is 29.5 Å². The molecule has 0 amide bonds. The Balaban J connectivity index is 1.19. The summed E-state index contributed by atoms with van der Waals surface area (Å²) in [5.41, 5.74) is 2.69. The second kappa shape index (κ2) is 7.64. The number of para-hydroxylation sites is 1. The number of hydrogen-bond acceptors (Lipinski definition) is 5. The predicted octanol–water partition coefficient (Wildman–Crippen LogP) is 4.52. The lowest BCUT2D eigenvalue weighted by Crippen LogP contribution is -2.32. The van der Waals surface area contributed by atoms with Crippen LogP contribution in [-0.4, -0.2) is 49.4 Å². The first-order chi connectivity index (χ1) is 13.8. The maximum absolute atomic E-state index is 5.56. The van der Waals surface area contributed by atoms with Crippen LogP contribution in [0, 0.1) is 0 Å². The van der Waals surface area contributed by atoms with E-state index in [0.29, 0.717) is 5.92 Å². The molecule has 2 aromatic carbocycles. The van der Waals surface area contributed by atoms with E-state index in [4.69, 9.17) is 9.73 Å². The van der Waals surface area contributed by atoms with Gasteiger partial charge in [0.25, 0.3) is 0 Å². The highest BCUT2D eigenvalue weighted by Crippen LogP contribution is 2.49. The van der Waals surface area contributed by atoms with Gasteiger partial charge in [-0.15, -0.1) is 0 Å². The summed E-state index contributed by atoms with van der Waals surface area (Å²) in [6.07, 6.45) is 5.50. The third kappa shape index (κ3) is 3.33. The topological polar surface area (TPSA) is 28.1 Å². The van der Waals surface area contributed by atoms with Crippen molar-refractivity contribution >= 4 is 18.1 Å². The number of hydrogen-bond donors (Lipinski definition) is 0. The Morgan fingerprint density at radius 1 is 1.07 bits per heavy atom. The van der Waals surface area contributed by atoms with Gasteiger partial charge in [0.1, 0.15) is 11.8 Å². The molecule has 1 fully saturated rings. The Morgan fingerprint density at radius 2 is 1.89 bits per heavy atom. The zero-order valence-corrected chi connectivity index (χ0v) is 16.9. The van der Waals surface area contributed by atoms with Crippen molar-refractivity contribution in [3.8, 4) is 5.75 Å². The van der Waals surface area contributed by atoms with E-state index in [2.05, 4.69) is 58.5 Å². The number of benzene rings is 2. The molecule has 3 heterocycles. The lowest BCUT2D eigenvalue weighted by Gasteiger charge is -2.25. The van der Waals surface area contributed by atoms with Gasteiger partial charge in [-0.05, 0) is 36.2 Å². The maximum Gasteiger partial charge on any atom is 0.122 e. The monoisotopic (exact) mass is 391 g/mol. The Morgan fingerprint density at radius 3 is 2.79 bits per heavy atom. The first-order valence-electron chi connectivity index (χ1n) is 9.94. The number of methoxy groups -OCH3 is 1. The zero-order valence-electron chi connectivity index (χ0n) is 16.1. The normalized spacial score (nSPS) is 23.5. The molecule has 0 saturated carbocycles. The summed E-state index contributed by atoms with van der Waals surface area (Å²) in [5.74, 6) is 1.58. The Bertz CT molecular complexity index is 926. The van der Waals surface area contributed by atoms with Crippen LogP contribution in [0.15, 0.2) is 69.5 Å². The minimum atomic E-state index is 0.208. The number of aliphatic imine (C=N–C) groups is 1. The average molecular weight is 392 g/mol. The lowest BCUT2D eigenvalue weighted by molar-refractivity contribution is 0.311. The van der Waals surface area contributed by atoms with Gasteiger partial charge in [0.15, 0.2) is 0 Å². The molecule has 5 heteroatoms. The third-order valence-electron chi connectivity index (χ3n) is 5.89. The van der Waals surface area contributed by atoms with Crippen molar-refractivity contribution in [2.75, 3.05) is 33.3 Å². The van der Waals surface area contributed by atoms with Crippen molar-refractivity contribution < 1.29 is 4.74 Å². The molecule has 1 unspecified atom stereocenters. The Kier molecular flexibility index (Phi) is 4.87. The number of likely N-dealkylation sites (tertiary alicyclic amines) is 1. The largest absolute Gasteiger partial charge is 0.496 e. The van der Waals surface area contributed by atoms with Crippen LogP contribution in [0.25, 0.3) is 0 Å². The van der Waals surface area contributed by atoms with Crippen molar-refractivity contribution in [2.45, 2.75) is 23.3 Å². The molecule has 0 aliphatic carbocycles. The van der Waals surface area contributed by atoms with Crippen LogP contribution in [0.2, 0.25) is 0 Å². The van der Waals surface area contributed by atoms with Gasteiger partial charge in [0, 0.05) is 41.6 Å². The summed E-state index contributed by atoms with van der Waals surface area (Å²) < 4.78 is 5.56. The minimum Gasteiger partial charge on any atom is -0.496 e. The van der Waals surface area contributed by atoms with Crippen LogP contribution in [0.4, 0.5) is 0 Å². The highest BCUT2D eigenvalue weighted by atomic mass is 32.2. The fourth-order valence-corrected chi connectivity index (χ4v) is 5.59. The molecule has 5 rings (SSSR count). The van der Waals surface area contributed by atoms with Gasteiger partial charge in [0.05, 0.1) is 13.4 Å². The molecule has 0 bridgehead atoms. The SMILES string of the molecule is COc1ccccc1C1CCN(CCN2C=N[C@H]3C(=C2)Sc2ccccc23)C1. The van der Waals surface area contributed by atoms with E-state index in [-0.39, 0.29) is 6.04 Å². The quantitative estimate of drug-likeness (QED) is 0.749. The van der Waals surface area contributed by atoms with Crippen molar-refractivity contribution in [2.24, 2.45) is 4.99 Å². The first-order valence-corrected chi connectivity index (χ1v) is 10.8. The van der Waals surface area contributed by atoms with Crippen LogP contribution < -0.4 is 4.74 Å². The fraction of sp³-hybridized carbons (Fsp3) is 0.348. The van der Waals surface area contributed by atoms with Gasteiger partial charge in [-0.3, -0.25) is 4.99 Å². The van der Waals surface area contributed by atoms with Gasteiger partial charge < -0.3 is 14.5 Å². The fourth-order valence-electron chi connectivity index (χ4n) is 4.41. The van der Waals surface area contributed by atoms with E-state index in [1.165, 1.54) is 27.3 Å². The maximum atomic E-state index is 5.56. The molecule has 144 valence electrons. The number of rotatable bonds is 5. The zero-order chi connectivity index (χ0) is 18.9. The van der Waals surface area contributed by atoms with Crippen molar-refractivity contribution in [3.05, 3.63) is 70.8 Å². The molecule has 1 saturated heterocycles. The van der Waals surface area contributed by atoms with Gasteiger partial charge in [-0.1, -0.05) is 48.2 Å². The molecule has 4 nitrogen and oxygen atoms in total. The van der Waals surface area contributed by atoms with Crippen LogP contribution in [0.3, 0.4) is 0 Å². The van der Waals surface area contributed by atoms with Crippen molar-refractivity contribution in [3.63, 3.8) is 0 Å². The molecule has 0 spiro atoms. The average Bonchev–Trinajstić information content (AvgIpc) is 3.36. The third-order valence-corrected chi connectivity index (χ3v) is 7.05. The van der Waals surface area contributed by atoms with Gasteiger partial charge in [-0.2, -0.15) is 0 Å². The van der Waals surface area contributed by atoms with E-state index in [1.54, 1.807) is 7.11 Å². The number of thioether (sulfide) groups is 1. The molecule has 0 radical (unpaired) electrons. The highest BCUT2D eigenvalue weighted by molar-refractivity contribution is 8.03. The summed E-state index contributed by atoms with van der Waals surface area (Å²) in [7, 11) is 1.77. The molecule has 2 atom stereocenters. The van der Waals surface area contributed by atoms with Crippen LogP contribution in [-0.2, 0) is 0 Å². The Hall–Kier alpha value is -2.24. The number of ether oxygens (including phenoxy) is 1. The highest BCUT2D eigenvalue weighted by Gasteiger charge is 2.30. The first kappa shape index (κ1) is 17.8. The summed E-state index contributed by atoms with van der Waals surface area (Å²) in [6, 6.07) is 17.3. The van der Waals surface area contributed by atoms with Crippen molar-refractivity contribution in [1.29, 1.82) is 0 Å². The molecular formula is C23H25N3OS. The smallest absolute Gasteiger partial charge is 0.122 e. The van der Waals surface area contributed by atoms with E-state index in [1.807, 2.05) is 24.2 Å². The number of fused-ring (bicyclic) bond motifs is 3. The predicted molar refractivity (Wildman–Crippen MR) is 115 cm³/mol. The van der Waals surface area contributed by atoms with E-state index in [0.717, 1.165) is 31.9 Å². The van der Waals surface area contributed by atoms with Gasteiger partial charge in [0.2, 0.25) is 0 Å². The molecule has 3 aliphatic heterocycles. The molecule has 28 heavy (non-hydrogen) atoms. The molecule has 0 N–H and O–H groups in total. The summed E-state index contributed by atoms with van der Waals surface area (Å²) in [4.78, 5) is 12.3. The van der Waals surface area contributed by atoms with Gasteiger partial charge in [-0.25, -0.2) is 0 Å². The van der Waals surface area contributed by atoms with Crippen LogP contribution >= 0.6 is 11.8 Å². The van der Waals surface area contributed by atoms with E-state index < -0.39 is 0 Å². The standard InChI is InChI=1S/C23H25N3OS/c1-27-20-8-4-2-6-18(20)17-10-11-25(14-17)12-13-26-15-22-23(24-16-26)19-7-3-5-9-21(19)28-22/h2-9,15-17,23H,10-14H2,1H3/t17?,23-/m1/s1. The van der Waals surface area contributed by atoms with E-state index >= 15 is 0 Å². The second-order valence-electron chi connectivity index (χ2n) is 7.60. The molecule has 2 aromatic rings. The second-order valence-corrected chi connectivity index (χ2v) is 8.72. The molecule has 0 aromatic heterocycles. The number of nitrogens with zero attached hydrogens (tertiary/aromatic N) is 3.